The molecule has 0 bridgehead atoms. The van der Waals surface area contributed by atoms with Gasteiger partial charge in [-0.2, -0.15) is 0 Å². The first kappa shape index (κ1) is 13.3. The van der Waals surface area contributed by atoms with Crippen molar-refractivity contribution in [1.82, 2.24) is 4.98 Å². The SMILES string of the molecule is NC(=O)c1cnc(N)c(C#Cc2cccc(C=O)c2)c1. The van der Waals surface area contributed by atoms with Crippen LogP contribution in [-0.4, -0.2) is 17.2 Å². The van der Waals surface area contributed by atoms with Gasteiger partial charge in [-0.1, -0.05) is 24.0 Å². The van der Waals surface area contributed by atoms with E-state index in [9.17, 15) is 9.59 Å². The molecule has 1 aromatic carbocycles. The van der Waals surface area contributed by atoms with Crippen LogP contribution in [0.5, 0.6) is 0 Å². The Kier molecular flexibility index (Phi) is 3.77. The van der Waals surface area contributed by atoms with Gasteiger partial charge in [-0.3, -0.25) is 9.59 Å². The number of benzene rings is 1. The maximum absolute atomic E-state index is 11.1. The quantitative estimate of drug-likeness (QED) is 0.624. The maximum Gasteiger partial charge on any atom is 0.250 e. The number of nitrogens with zero attached hydrogens (tertiary/aromatic N) is 1. The minimum absolute atomic E-state index is 0.217. The Bertz CT molecular complexity index is 742. The lowest BCUT2D eigenvalue weighted by Gasteiger charge is -1.99. The Morgan fingerprint density at radius 2 is 2.05 bits per heavy atom. The fourth-order valence-electron chi connectivity index (χ4n) is 1.54. The molecule has 0 aliphatic carbocycles. The number of anilines is 1. The first-order valence-corrected chi connectivity index (χ1v) is 5.73. The van der Waals surface area contributed by atoms with Gasteiger partial charge in [0, 0.05) is 17.3 Å². The van der Waals surface area contributed by atoms with Gasteiger partial charge in [0.2, 0.25) is 5.91 Å². The molecular formula is C15H11N3O2. The largest absolute Gasteiger partial charge is 0.383 e. The van der Waals surface area contributed by atoms with Gasteiger partial charge in [0.05, 0.1) is 11.1 Å². The number of nitrogens with two attached hydrogens (primary N) is 2. The van der Waals surface area contributed by atoms with Crippen LogP contribution < -0.4 is 11.5 Å². The summed E-state index contributed by atoms with van der Waals surface area (Å²) in [7, 11) is 0. The summed E-state index contributed by atoms with van der Waals surface area (Å²) in [4.78, 5) is 25.6. The average Bonchev–Trinajstić information content (AvgIpc) is 2.46. The molecule has 98 valence electrons. The Morgan fingerprint density at radius 1 is 1.25 bits per heavy atom. The number of pyridine rings is 1. The van der Waals surface area contributed by atoms with Crippen LogP contribution >= 0.6 is 0 Å². The second-order valence-corrected chi connectivity index (χ2v) is 4.01. The van der Waals surface area contributed by atoms with Gasteiger partial charge in [0.25, 0.3) is 0 Å². The monoisotopic (exact) mass is 265 g/mol. The minimum atomic E-state index is -0.594. The summed E-state index contributed by atoms with van der Waals surface area (Å²) in [6.45, 7) is 0. The Balaban J connectivity index is 2.39. The van der Waals surface area contributed by atoms with E-state index in [1.165, 1.54) is 12.3 Å². The molecule has 0 radical (unpaired) electrons. The van der Waals surface area contributed by atoms with Crippen molar-refractivity contribution in [3.8, 4) is 11.8 Å². The standard InChI is InChI=1S/C15H11N3O2/c16-14-12(7-13(8-18-14)15(17)20)5-4-10-2-1-3-11(6-10)9-19/h1-3,6-9H,(H2,16,18)(H2,17,20). The van der Waals surface area contributed by atoms with Crippen molar-refractivity contribution in [1.29, 1.82) is 0 Å². The van der Waals surface area contributed by atoms with Crippen LogP contribution in [0.4, 0.5) is 5.82 Å². The molecule has 4 N–H and O–H groups in total. The Labute approximate surface area is 115 Å². The van der Waals surface area contributed by atoms with E-state index in [4.69, 9.17) is 11.5 Å². The third kappa shape index (κ3) is 3.00. The summed E-state index contributed by atoms with van der Waals surface area (Å²) in [5.41, 5.74) is 12.7. The van der Waals surface area contributed by atoms with E-state index in [0.29, 0.717) is 16.7 Å². The molecule has 2 rings (SSSR count). The second kappa shape index (κ2) is 5.67. The second-order valence-electron chi connectivity index (χ2n) is 4.01. The van der Waals surface area contributed by atoms with Gasteiger partial charge >= 0.3 is 0 Å². The minimum Gasteiger partial charge on any atom is -0.383 e. The van der Waals surface area contributed by atoms with Crippen LogP contribution in [0, 0.1) is 11.8 Å². The summed E-state index contributed by atoms with van der Waals surface area (Å²) < 4.78 is 0. The van der Waals surface area contributed by atoms with Crippen LogP contribution in [0.15, 0.2) is 36.5 Å². The third-order valence-corrected chi connectivity index (χ3v) is 2.57. The number of rotatable bonds is 2. The van der Waals surface area contributed by atoms with Crippen molar-refractivity contribution in [2.24, 2.45) is 5.73 Å². The van der Waals surface area contributed by atoms with Gasteiger partial charge in [-0.25, -0.2) is 4.98 Å². The Hall–Kier alpha value is -3.13. The third-order valence-electron chi connectivity index (χ3n) is 2.57. The topological polar surface area (TPSA) is 99.1 Å². The summed E-state index contributed by atoms with van der Waals surface area (Å²) in [6, 6.07) is 8.32. The number of aldehydes is 1. The van der Waals surface area contributed by atoms with E-state index in [1.807, 2.05) is 0 Å². The molecule has 0 fully saturated rings. The predicted octanol–water partition coefficient (Wildman–Crippen LogP) is 0.975. The molecule has 0 atom stereocenters. The van der Waals surface area contributed by atoms with Crippen LogP contribution in [0.25, 0.3) is 0 Å². The predicted molar refractivity (Wildman–Crippen MR) is 75.0 cm³/mol. The molecule has 0 saturated heterocycles. The molecule has 0 unspecified atom stereocenters. The summed E-state index contributed by atoms with van der Waals surface area (Å²) in [5, 5.41) is 0. The highest BCUT2D eigenvalue weighted by Gasteiger charge is 2.04. The Morgan fingerprint density at radius 3 is 2.75 bits per heavy atom. The molecule has 0 aliphatic rings. The summed E-state index contributed by atoms with van der Waals surface area (Å²) in [6.07, 6.45) is 2.05. The van der Waals surface area contributed by atoms with E-state index in [0.717, 1.165) is 6.29 Å². The molecule has 1 aromatic heterocycles. The number of aromatic nitrogens is 1. The van der Waals surface area contributed by atoms with Gasteiger partial charge in [0.15, 0.2) is 0 Å². The molecule has 1 amide bonds. The van der Waals surface area contributed by atoms with Crippen LogP contribution in [0.1, 0.15) is 31.8 Å². The van der Waals surface area contributed by atoms with E-state index < -0.39 is 5.91 Å². The van der Waals surface area contributed by atoms with Gasteiger partial charge in [-0.05, 0) is 18.2 Å². The fourth-order valence-corrected chi connectivity index (χ4v) is 1.54. The first-order valence-electron chi connectivity index (χ1n) is 5.73. The summed E-state index contributed by atoms with van der Waals surface area (Å²) in [5.74, 6) is 5.30. The highest BCUT2D eigenvalue weighted by Crippen LogP contribution is 2.10. The molecular weight excluding hydrogens is 254 g/mol. The molecule has 0 saturated carbocycles. The average molecular weight is 265 g/mol. The van der Waals surface area contributed by atoms with Crippen molar-refractivity contribution >= 4 is 18.0 Å². The van der Waals surface area contributed by atoms with Gasteiger partial charge in [0.1, 0.15) is 12.1 Å². The molecule has 5 heteroatoms. The van der Waals surface area contributed by atoms with E-state index in [2.05, 4.69) is 16.8 Å². The normalized spacial score (nSPS) is 9.40. The molecule has 0 aliphatic heterocycles. The van der Waals surface area contributed by atoms with Crippen LogP contribution in [0.3, 0.4) is 0 Å². The van der Waals surface area contributed by atoms with E-state index in [1.54, 1.807) is 24.3 Å². The number of amides is 1. The van der Waals surface area contributed by atoms with E-state index >= 15 is 0 Å². The first-order chi connectivity index (χ1) is 9.60. The van der Waals surface area contributed by atoms with Crippen LogP contribution in [-0.2, 0) is 0 Å². The zero-order valence-electron chi connectivity index (χ0n) is 10.5. The lowest BCUT2D eigenvalue weighted by atomic mass is 10.1. The molecule has 1 heterocycles. The number of carbonyl (C=O) groups excluding carboxylic acids is 2. The zero-order valence-corrected chi connectivity index (χ0v) is 10.5. The van der Waals surface area contributed by atoms with Gasteiger partial charge < -0.3 is 11.5 Å². The molecule has 0 spiro atoms. The van der Waals surface area contributed by atoms with Gasteiger partial charge in [-0.15, -0.1) is 0 Å². The number of hydrogen-bond acceptors (Lipinski definition) is 4. The molecule has 5 nitrogen and oxygen atoms in total. The number of primary amides is 1. The zero-order chi connectivity index (χ0) is 14.5. The molecule has 20 heavy (non-hydrogen) atoms. The highest BCUT2D eigenvalue weighted by molar-refractivity contribution is 5.93. The summed E-state index contributed by atoms with van der Waals surface area (Å²) >= 11 is 0. The van der Waals surface area contributed by atoms with Crippen LogP contribution in [0.2, 0.25) is 0 Å². The van der Waals surface area contributed by atoms with Crippen molar-refractivity contribution < 1.29 is 9.59 Å². The van der Waals surface area contributed by atoms with E-state index in [-0.39, 0.29) is 11.4 Å². The highest BCUT2D eigenvalue weighted by atomic mass is 16.1. The lowest BCUT2D eigenvalue weighted by Crippen LogP contribution is -2.12. The number of carbonyl (C=O) groups is 2. The molecule has 2 aromatic rings. The lowest BCUT2D eigenvalue weighted by molar-refractivity contribution is 0.0999. The van der Waals surface area contributed by atoms with Crippen molar-refractivity contribution in [3.63, 3.8) is 0 Å². The number of nitrogen functional groups attached to an aromatic ring is 1. The van der Waals surface area contributed by atoms with Crippen molar-refractivity contribution in [3.05, 3.63) is 58.8 Å². The fraction of sp³-hybridized carbons (Fsp3) is 0. The number of hydrogen-bond donors (Lipinski definition) is 2. The maximum atomic E-state index is 11.1. The van der Waals surface area contributed by atoms with Crippen molar-refractivity contribution in [2.75, 3.05) is 5.73 Å². The smallest absolute Gasteiger partial charge is 0.250 e. The van der Waals surface area contributed by atoms with Crippen molar-refractivity contribution in [2.45, 2.75) is 0 Å².